The van der Waals surface area contributed by atoms with Gasteiger partial charge in [-0.15, -0.1) is 0 Å². The predicted octanol–water partition coefficient (Wildman–Crippen LogP) is 2.42. The molecule has 0 spiro atoms. The summed E-state index contributed by atoms with van der Waals surface area (Å²) in [5.74, 6) is -1.49. The third-order valence-electron chi connectivity index (χ3n) is 6.33. The first-order valence-electron chi connectivity index (χ1n) is 11.7. The third-order valence-corrected chi connectivity index (χ3v) is 7.75. The summed E-state index contributed by atoms with van der Waals surface area (Å²) in [7, 11) is -2.67. The van der Waals surface area contributed by atoms with E-state index in [2.05, 4.69) is 15.0 Å². The highest BCUT2D eigenvalue weighted by Crippen LogP contribution is 2.41. The Bertz CT molecular complexity index is 1430. The van der Waals surface area contributed by atoms with Gasteiger partial charge in [0.05, 0.1) is 12.6 Å². The van der Waals surface area contributed by atoms with E-state index in [1.165, 1.54) is 24.1 Å². The zero-order valence-electron chi connectivity index (χ0n) is 21.0. The van der Waals surface area contributed by atoms with Gasteiger partial charge in [0.2, 0.25) is 5.91 Å². The highest BCUT2D eigenvalue weighted by Gasteiger charge is 2.49. The standard InChI is InChI=1S/C26H29FN4O5S/c1-26(2,3)24-22(33)20(25(34)31(24)14-15-8-10-17(27)11-9-15)21-18-7-5-6-16(12-29-13-19(32)28-4)23(18)37(35,36)30-21/h5-11,24,29,33H,12-14H2,1-4H3,(H,28,32)/t24-/m1/s1. The Morgan fingerprint density at radius 1 is 1.16 bits per heavy atom. The molecule has 2 aliphatic heterocycles. The van der Waals surface area contributed by atoms with Crippen molar-refractivity contribution in [2.24, 2.45) is 9.81 Å². The number of hydrogen-bond acceptors (Lipinski definition) is 6. The van der Waals surface area contributed by atoms with E-state index in [0.717, 1.165) is 0 Å². The van der Waals surface area contributed by atoms with Crippen LogP contribution in [0.25, 0.3) is 0 Å². The van der Waals surface area contributed by atoms with E-state index >= 15 is 0 Å². The molecule has 9 nitrogen and oxygen atoms in total. The predicted molar refractivity (Wildman–Crippen MR) is 136 cm³/mol. The Balaban J connectivity index is 1.74. The number of hydrogen-bond donors (Lipinski definition) is 3. The summed E-state index contributed by atoms with van der Waals surface area (Å²) in [6.07, 6.45) is 0. The van der Waals surface area contributed by atoms with Crippen molar-refractivity contribution in [3.05, 3.63) is 76.3 Å². The van der Waals surface area contributed by atoms with Crippen LogP contribution in [0.5, 0.6) is 0 Å². The van der Waals surface area contributed by atoms with Crippen LogP contribution in [0.15, 0.2) is 63.1 Å². The molecule has 196 valence electrons. The average Bonchev–Trinajstić information content (AvgIpc) is 3.24. The van der Waals surface area contributed by atoms with Gasteiger partial charge in [0, 0.05) is 25.7 Å². The Hall–Kier alpha value is -3.57. The smallest absolute Gasteiger partial charge is 0.283 e. The van der Waals surface area contributed by atoms with Gasteiger partial charge in [-0.25, -0.2) is 4.39 Å². The van der Waals surface area contributed by atoms with E-state index in [1.807, 2.05) is 20.8 Å². The normalized spacial score (nSPS) is 18.7. The highest BCUT2D eigenvalue weighted by atomic mass is 32.2. The topological polar surface area (TPSA) is 128 Å². The molecule has 2 aliphatic rings. The molecule has 2 aromatic rings. The van der Waals surface area contributed by atoms with Crippen LogP contribution in [-0.2, 0) is 32.7 Å². The molecule has 4 rings (SSSR count). The second kappa shape index (κ2) is 9.71. The Morgan fingerprint density at radius 3 is 2.46 bits per heavy atom. The van der Waals surface area contributed by atoms with Gasteiger partial charge in [-0.2, -0.15) is 12.8 Å². The van der Waals surface area contributed by atoms with Crippen molar-refractivity contribution in [1.29, 1.82) is 0 Å². The van der Waals surface area contributed by atoms with Gasteiger partial charge in [-0.05, 0) is 28.7 Å². The highest BCUT2D eigenvalue weighted by molar-refractivity contribution is 7.90. The maximum atomic E-state index is 13.7. The minimum atomic E-state index is -4.17. The lowest BCUT2D eigenvalue weighted by molar-refractivity contribution is -0.129. The molecule has 0 bridgehead atoms. The molecular weight excluding hydrogens is 499 g/mol. The van der Waals surface area contributed by atoms with E-state index in [9.17, 15) is 27.5 Å². The number of amides is 2. The molecule has 0 saturated carbocycles. The molecule has 0 aliphatic carbocycles. The van der Waals surface area contributed by atoms with E-state index in [4.69, 9.17) is 0 Å². The molecule has 0 radical (unpaired) electrons. The number of sulfonamides is 1. The van der Waals surface area contributed by atoms with E-state index in [0.29, 0.717) is 11.1 Å². The largest absolute Gasteiger partial charge is 0.509 e. The van der Waals surface area contributed by atoms with Crippen molar-refractivity contribution in [2.75, 3.05) is 13.6 Å². The van der Waals surface area contributed by atoms with Gasteiger partial charge in [-0.1, -0.05) is 51.1 Å². The summed E-state index contributed by atoms with van der Waals surface area (Å²) < 4.78 is 43.6. The number of likely N-dealkylation sites (N-methyl/N-ethyl adjacent to an activating group) is 1. The molecule has 0 fully saturated rings. The maximum absolute atomic E-state index is 13.7. The van der Waals surface area contributed by atoms with Crippen LogP contribution in [0.3, 0.4) is 0 Å². The van der Waals surface area contributed by atoms with Gasteiger partial charge >= 0.3 is 0 Å². The van der Waals surface area contributed by atoms with Crippen LogP contribution in [0.1, 0.15) is 37.5 Å². The van der Waals surface area contributed by atoms with Crippen molar-refractivity contribution in [3.8, 4) is 0 Å². The molecule has 2 heterocycles. The zero-order valence-corrected chi connectivity index (χ0v) is 21.8. The lowest BCUT2D eigenvalue weighted by Gasteiger charge is -2.35. The third kappa shape index (κ3) is 5.01. The van der Waals surface area contributed by atoms with Crippen molar-refractivity contribution < 1.29 is 27.5 Å². The average molecular weight is 529 g/mol. The monoisotopic (exact) mass is 528 g/mol. The van der Waals surface area contributed by atoms with Crippen molar-refractivity contribution in [2.45, 2.75) is 44.8 Å². The zero-order chi connectivity index (χ0) is 27.1. The van der Waals surface area contributed by atoms with Crippen LogP contribution >= 0.6 is 0 Å². The summed E-state index contributed by atoms with van der Waals surface area (Å²) in [5, 5.41) is 16.7. The minimum Gasteiger partial charge on any atom is -0.509 e. The summed E-state index contributed by atoms with van der Waals surface area (Å²) in [5.41, 5.74) is 0.380. The van der Waals surface area contributed by atoms with Crippen LogP contribution in [0.2, 0.25) is 0 Å². The molecule has 0 aromatic heterocycles. The van der Waals surface area contributed by atoms with Crippen LogP contribution in [0.4, 0.5) is 4.39 Å². The Morgan fingerprint density at radius 2 is 1.84 bits per heavy atom. The molecule has 0 unspecified atom stereocenters. The summed E-state index contributed by atoms with van der Waals surface area (Å²) in [6.45, 7) is 5.74. The molecule has 37 heavy (non-hydrogen) atoms. The number of carbonyl (C=O) groups is 2. The van der Waals surface area contributed by atoms with Gasteiger partial charge in [-0.3, -0.25) is 9.59 Å². The SMILES string of the molecule is CNC(=O)CNCc1cccc2c1S(=O)(=O)N=C2C1=C(O)[C@H](C(C)(C)C)N(Cc2ccc(F)cc2)C1=O. The van der Waals surface area contributed by atoms with E-state index in [1.54, 1.807) is 30.3 Å². The fourth-order valence-corrected chi connectivity index (χ4v) is 6.15. The van der Waals surface area contributed by atoms with E-state index in [-0.39, 0.29) is 53.0 Å². The number of rotatable bonds is 7. The molecule has 2 aromatic carbocycles. The number of halogens is 1. The van der Waals surface area contributed by atoms with Crippen LogP contribution in [0, 0.1) is 11.2 Å². The number of carbonyl (C=O) groups excluding carboxylic acids is 2. The molecular formula is C26H29FN4O5S. The number of nitrogens with one attached hydrogen (secondary N) is 2. The molecule has 2 amide bonds. The number of aliphatic hydroxyl groups is 1. The number of benzene rings is 2. The van der Waals surface area contributed by atoms with Crippen molar-refractivity contribution in [3.63, 3.8) is 0 Å². The fourth-order valence-electron chi connectivity index (χ4n) is 4.71. The first kappa shape index (κ1) is 26.5. The summed E-state index contributed by atoms with van der Waals surface area (Å²) >= 11 is 0. The van der Waals surface area contributed by atoms with Gasteiger partial charge < -0.3 is 20.6 Å². The number of fused-ring (bicyclic) bond motifs is 1. The first-order chi connectivity index (χ1) is 17.3. The second-order valence-corrected chi connectivity index (χ2v) is 11.6. The second-order valence-electron chi connectivity index (χ2n) is 10.1. The molecule has 0 saturated heterocycles. The summed E-state index contributed by atoms with van der Waals surface area (Å²) in [6, 6.07) is 9.73. The number of nitrogens with zero attached hydrogens (tertiary/aromatic N) is 2. The molecule has 3 N–H and O–H groups in total. The Kier molecular flexibility index (Phi) is 6.95. The first-order valence-corrected chi connectivity index (χ1v) is 13.2. The lowest BCUT2D eigenvalue weighted by atomic mass is 9.84. The fraction of sp³-hybridized carbons (Fsp3) is 0.346. The van der Waals surface area contributed by atoms with Gasteiger partial charge in [0.15, 0.2) is 0 Å². The van der Waals surface area contributed by atoms with Crippen molar-refractivity contribution in [1.82, 2.24) is 15.5 Å². The summed E-state index contributed by atoms with van der Waals surface area (Å²) in [4.78, 5) is 26.7. The minimum absolute atomic E-state index is 0.00996. The maximum Gasteiger partial charge on any atom is 0.283 e. The molecule has 1 atom stereocenters. The van der Waals surface area contributed by atoms with Crippen LogP contribution in [-0.4, -0.2) is 55.6 Å². The van der Waals surface area contributed by atoms with Gasteiger partial charge in [0.1, 0.15) is 27.8 Å². The van der Waals surface area contributed by atoms with Crippen LogP contribution < -0.4 is 10.6 Å². The molecule has 11 heteroatoms. The quantitative estimate of drug-likeness (QED) is 0.507. The number of aliphatic hydroxyl groups excluding tert-OH is 1. The van der Waals surface area contributed by atoms with Gasteiger partial charge in [0.25, 0.3) is 15.9 Å². The van der Waals surface area contributed by atoms with E-state index < -0.39 is 33.2 Å². The Labute approximate surface area is 215 Å². The lowest BCUT2D eigenvalue weighted by Crippen LogP contribution is -2.43. The van der Waals surface area contributed by atoms with Crippen molar-refractivity contribution >= 4 is 27.5 Å².